The van der Waals surface area contributed by atoms with Crippen LogP contribution in [0.5, 0.6) is 0 Å². The number of hydrogen-bond acceptors (Lipinski definition) is 4. The van der Waals surface area contributed by atoms with E-state index in [4.69, 9.17) is 4.98 Å². The Morgan fingerprint density at radius 1 is 1.03 bits per heavy atom. The summed E-state index contributed by atoms with van der Waals surface area (Å²) in [5.74, 6) is 1.00. The summed E-state index contributed by atoms with van der Waals surface area (Å²) in [5.41, 5.74) is 6.44. The molecule has 1 fully saturated rings. The maximum absolute atomic E-state index is 12.6. The third-order valence-electron chi connectivity index (χ3n) is 5.90. The van der Waals surface area contributed by atoms with Crippen molar-refractivity contribution in [2.24, 2.45) is 0 Å². The predicted molar refractivity (Wildman–Crippen MR) is 129 cm³/mol. The van der Waals surface area contributed by atoms with Crippen LogP contribution in [0.4, 0.5) is 0 Å². The number of hydrogen-bond donors (Lipinski definition) is 0. The Kier molecular flexibility index (Phi) is 5.95. The van der Waals surface area contributed by atoms with Gasteiger partial charge in [0, 0.05) is 30.6 Å². The lowest BCUT2D eigenvalue weighted by Gasteiger charge is -2.15. The van der Waals surface area contributed by atoms with Crippen LogP contribution in [0.15, 0.2) is 72.1 Å². The number of aromatic nitrogens is 3. The zero-order chi connectivity index (χ0) is 21.9. The van der Waals surface area contributed by atoms with Gasteiger partial charge >= 0.3 is 0 Å². The standard InChI is InChI=1S/C26H26N4OS/c1-19-5-4-6-21(15-19)18-32-26-28-23-11-12-27-16-24(23)30(26)17-20-7-9-22(10-8-20)25(31)29-13-2-3-14-29/h4-12,15-16H,2-3,13-14,17-18H2,1H3. The van der Waals surface area contributed by atoms with Crippen LogP contribution in [0.1, 0.15) is 39.9 Å². The number of amides is 1. The molecule has 6 heteroatoms. The number of imidazole rings is 1. The monoisotopic (exact) mass is 442 g/mol. The van der Waals surface area contributed by atoms with Gasteiger partial charge in [-0.05, 0) is 49.1 Å². The van der Waals surface area contributed by atoms with Gasteiger partial charge in [0.05, 0.1) is 23.8 Å². The number of carbonyl (C=O) groups excluding carboxylic acids is 1. The summed E-state index contributed by atoms with van der Waals surface area (Å²) in [6, 6.07) is 18.6. The second-order valence-corrected chi connectivity index (χ2v) is 9.26. The summed E-state index contributed by atoms with van der Waals surface area (Å²) in [6.07, 6.45) is 5.88. The molecular weight excluding hydrogens is 416 g/mol. The number of carbonyl (C=O) groups is 1. The molecule has 162 valence electrons. The minimum atomic E-state index is 0.140. The van der Waals surface area contributed by atoms with E-state index in [1.54, 1.807) is 18.0 Å². The summed E-state index contributed by atoms with van der Waals surface area (Å²) >= 11 is 1.74. The van der Waals surface area contributed by atoms with E-state index in [1.165, 1.54) is 11.1 Å². The molecule has 0 bridgehead atoms. The largest absolute Gasteiger partial charge is 0.339 e. The van der Waals surface area contributed by atoms with Crippen molar-refractivity contribution >= 4 is 28.7 Å². The van der Waals surface area contributed by atoms with Crippen LogP contribution in [-0.2, 0) is 12.3 Å². The molecule has 1 saturated heterocycles. The Labute approximate surface area is 192 Å². The van der Waals surface area contributed by atoms with Crippen molar-refractivity contribution in [3.05, 3.63) is 89.2 Å². The fraction of sp³-hybridized carbons (Fsp3) is 0.269. The van der Waals surface area contributed by atoms with Crippen LogP contribution in [0, 0.1) is 6.92 Å². The molecule has 2 aromatic heterocycles. The van der Waals surface area contributed by atoms with E-state index in [2.05, 4.69) is 52.9 Å². The van der Waals surface area contributed by atoms with Gasteiger partial charge in [-0.2, -0.15) is 0 Å². The highest BCUT2D eigenvalue weighted by Crippen LogP contribution is 2.28. The molecule has 0 unspecified atom stereocenters. The third-order valence-corrected chi connectivity index (χ3v) is 6.95. The Bertz CT molecular complexity index is 1240. The summed E-state index contributed by atoms with van der Waals surface area (Å²) < 4.78 is 2.22. The minimum Gasteiger partial charge on any atom is -0.339 e. The number of thioether (sulfide) groups is 1. The maximum Gasteiger partial charge on any atom is 0.253 e. The van der Waals surface area contributed by atoms with Crippen molar-refractivity contribution < 1.29 is 4.79 Å². The Hall–Kier alpha value is -3.12. The highest BCUT2D eigenvalue weighted by atomic mass is 32.2. The van der Waals surface area contributed by atoms with Crippen molar-refractivity contribution in [3.8, 4) is 0 Å². The van der Waals surface area contributed by atoms with Gasteiger partial charge in [-0.1, -0.05) is 53.7 Å². The lowest BCUT2D eigenvalue weighted by atomic mass is 10.1. The van der Waals surface area contributed by atoms with Gasteiger partial charge in [-0.15, -0.1) is 0 Å². The zero-order valence-corrected chi connectivity index (χ0v) is 19.0. The highest BCUT2D eigenvalue weighted by molar-refractivity contribution is 7.98. The fourth-order valence-electron chi connectivity index (χ4n) is 4.20. The van der Waals surface area contributed by atoms with Crippen molar-refractivity contribution in [1.82, 2.24) is 19.4 Å². The first-order valence-corrected chi connectivity index (χ1v) is 12.0. The first kappa shape index (κ1) is 20.8. The molecule has 2 aromatic carbocycles. The summed E-state index contributed by atoms with van der Waals surface area (Å²) in [7, 11) is 0. The summed E-state index contributed by atoms with van der Waals surface area (Å²) in [6.45, 7) is 4.55. The van der Waals surface area contributed by atoms with Crippen LogP contribution in [-0.4, -0.2) is 38.4 Å². The summed E-state index contributed by atoms with van der Waals surface area (Å²) in [5, 5.41) is 0.978. The second kappa shape index (κ2) is 9.17. The molecule has 32 heavy (non-hydrogen) atoms. The van der Waals surface area contributed by atoms with Crippen molar-refractivity contribution in [2.75, 3.05) is 13.1 Å². The molecule has 1 amide bonds. The lowest BCUT2D eigenvalue weighted by molar-refractivity contribution is 0.0793. The number of fused-ring (bicyclic) bond motifs is 1. The topological polar surface area (TPSA) is 51.0 Å². The zero-order valence-electron chi connectivity index (χ0n) is 18.2. The van der Waals surface area contributed by atoms with Crippen LogP contribution < -0.4 is 0 Å². The maximum atomic E-state index is 12.6. The molecule has 0 radical (unpaired) electrons. The Balaban J connectivity index is 1.38. The van der Waals surface area contributed by atoms with Gasteiger partial charge in [0.2, 0.25) is 0 Å². The number of aryl methyl sites for hydroxylation is 1. The molecule has 1 aliphatic heterocycles. The number of benzene rings is 2. The smallest absolute Gasteiger partial charge is 0.253 e. The molecule has 0 saturated carbocycles. The number of likely N-dealkylation sites (tertiary alicyclic amines) is 1. The predicted octanol–water partition coefficient (Wildman–Crippen LogP) is 5.32. The van der Waals surface area contributed by atoms with E-state index < -0.39 is 0 Å². The Morgan fingerprint density at radius 3 is 2.62 bits per heavy atom. The number of rotatable bonds is 6. The number of pyridine rings is 1. The first-order chi connectivity index (χ1) is 15.7. The van der Waals surface area contributed by atoms with Gasteiger partial charge in [0.15, 0.2) is 5.16 Å². The van der Waals surface area contributed by atoms with E-state index in [-0.39, 0.29) is 5.91 Å². The van der Waals surface area contributed by atoms with Crippen molar-refractivity contribution in [1.29, 1.82) is 0 Å². The molecule has 0 aliphatic carbocycles. The lowest BCUT2D eigenvalue weighted by Crippen LogP contribution is -2.27. The fourth-order valence-corrected chi connectivity index (χ4v) is 5.16. The quantitative estimate of drug-likeness (QED) is 0.380. The van der Waals surface area contributed by atoms with Gasteiger partial charge in [-0.3, -0.25) is 9.78 Å². The van der Waals surface area contributed by atoms with Gasteiger partial charge in [0.25, 0.3) is 5.91 Å². The van der Waals surface area contributed by atoms with Crippen LogP contribution in [0.25, 0.3) is 11.0 Å². The van der Waals surface area contributed by atoms with E-state index in [0.29, 0.717) is 6.54 Å². The van der Waals surface area contributed by atoms with Crippen LogP contribution in [0.3, 0.4) is 0 Å². The first-order valence-electron chi connectivity index (χ1n) is 11.0. The van der Waals surface area contributed by atoms with Gasteiger partial charge in [-0.25, -0.2) is 4.98 Å². The van der Waals surface area contributed by atoms with Crippen LogP contribution in [0.2, 0.25) is 0 Å². The molecule has 0 atom stereocenters. The minimum absolute atomic E-state index is 0.140. The van der Waals surface area contributed by atoms with E-state index in [9.17, 15) is 4.79 Å². The SMILES string of the molecule is Cc1cccc(CSc2nc3ccncc3n2Cc2ccc(C(=O)N3CCCC3)cc2)c1. The number of nitrogens with zero attached hydrogens (tertiary/aromatic N) is 4. The highest BCUT2D eigenvalue weighted by Gasteiger charge is 2.19. The average Bonchev–Trinajstić information content (AvgIpc) is 3.47. The van der Waals surface area contributed by atoms with Crippen LogP contribution >= 0.6 is 11.8 Å². The molecule has 0 N–H and O–H groups in total. The normalized spacial score (nSPS) is 13.7. The summed E-state index contributed by atoms with van der Waals surface area (Å²) in [4.78, 5) is 23.8. The van der Waals surface area contributed by atoms with Gasteiger partial charge in [0.1, 0.15) is 0 Å². The molecular formula is C26H26N4OS. The molecule has 0 spiro atoms. The Morgan fingerprint density at radius 2 is 1.84 bits per heavy atom. The molecule has 1 aliphatic rings. The van der Waals surface area contributed by atoms with Crippen molar-refractivity contribution in [2.45, 2.75) is 37.2 Å². The molecule has 3 heterocycles. The van der Waals surface area contributed by atoms with E-state index in [1.807, 2.05) is 29.3 Å². The molecule has 5 rings (SSSR count). The van der Waals surface area contributed by atoms with E-state index in [0.717, 1.165) is 59.0 Å². The van der Waals surface area contributed by atoms with E-state index >= 15 is 0 Å². The van der Waals surface area contributed by atoms with Gasteiger partial charge < -0.3 is 9.47 Å². The average molecular weight is 443 g/mol. The van der Waals surface area contributed by atoms with Crippen molar-refractivity contribution in [3.63, 3.8) is 0 Å². The second-order valence-electron chi connectivity index (χ2n) is 8.32. The molecule has 5 nitrogen and oxygen atoms in total. The molecule has 4 aromatic rings. The third kappa shape index (κ3) is 4.41.